The highest BCUT2D eigenvalue weighted by atomic mass is 19.1. The first-order valence-electron chi connectivity index (χ1n) is 10.4. The van der Waals surface area contributed by atoms with Gasteiger partial charge >= 0.3 is 0 Å². The van der Waals surface area contributed by atoms with E-state index in [1.807, 2.05) is 13.8 Å². The van der Waals surface area contributed by atoms with E-state index in [2.05, 4.69) is 20.6 Å². The lowest BCUT2D eigenvalue weighted by atomic mass is 9.97. The van der Waals surface area contributed by atoms with Crippen molar-refractivity contribution in [2.45, 2.75) is 38.6 Å². The minimum atomic E-state index is -0.796. The Kier molecular flexibility index (Phi) is 7.55. The summed E-state index contributed by atoms with van der Waals surface area (Å²) in [5.41, 5.74) is 2.74. The van der Waals surface area contributed by atoms with Crippen molar-refractivity contribution in [2.75, 3.05) is 18.5 Å². The summed E-state index contributed by atoms with van der Waals surface area (Å²) in [5.74, 6) is -0.675. The predicted molar refractivity (Wildman–Crippen MR) is 119 cm³/mol. The fourth-order valence-corrected chi connectivity index (χ4v) is 3.33. The van der Waals surface area contributed by atoms with E-state index in [-0.39, 0.29) is 41.5 Å². The Balaban J connectivity index is 1.99. The van der Waals surface area contributed by atoms with Gasteiger partial charge in [0.1, 0.15) is 5.83 Å². The van der Waals surface area contributed by atoms with Gasteiger partial charge in [0.25, 0.3) is 5.91 Å². The Morgan fingerprint density at radius 1 is 1.19 bits per heavy atom. The van der Waals surface area contributed by atoms with Gasteiger partial charge in [0.15, 0.2) is 0 Å². The zero-order chi connectivity index (χ0) is 23.3. The molecule has 0 spiro atoms. The van der Waals surface area contributed by atoms with E-state index in [1.165, 1.54) is 18.5 Å². The second-order valence-corrected chi connectivity index (χ2v) is 7.85. The van der Waals surface area contributed by atoms with Crippen LogP contribution in [-0.2, 0) is 0 Å². The molecule has 0 aromatic carbocycles. The van der Waals surface area contributed by atoms with Crippen molar-refractivity contribution in [1.29, 1.82) is 0 Å². The minimum Gasteiger partial charge on any atom is -0.512 e. The molecule has 2 aromatic heterocycles. The predicted octanol–water partition coefficient (Wildman–Crippen LogP) is 3.34. The van der Waals surface area contributed by atoms with Gasteiger partial charge in [-0.3, -0.25) is 14.8 Å². The molecule has 0 radical (unpaired) electrons. The third-order valence-corrected chi connectivity index (χ3v) is 5.15. The Morgan fingerprint density at radius 3 is 2.62 bits per heavy atom. The molecule has 2 heterocycles. The topological polar surface area (TPSA) is 128 Å². The van der Waals surface area contributed by atoms with Crippen LogP contribution in [0.15, 0.2) is 48.4 Å². The van der Waals surface area contributed by atoms with Crippen LogP contribution in [0.1, 0.15) is 54.2 Å². The van der Waals surface area contributed by atoms with Gasteiger partial charge in [-0.05, 0) is 29.7 Å². The summed E-state index contributed by atoms with van der Waals surface area (Å²) in [5, 5.41) is 34.1. The highest BCUT2D eigenvalue weighted by Crippen LogP contribution is 2.34. The Labute approximate surface area is 185 Å². The van der Waals surface area contributed by atoms with Gasteiger partial charge in [-0.25, -0.2) is 4.39 Å². The number of nitrogens with zero attached hydrogens (tertiary/aromatic N) is 2. The lowest BCUT2D eigenvalue weighted by molar-refractivity contribution is 0.0880. The zero-order valence-corrected chi connectivity index (χ0v) is 18.0. The summed E-state index contributed by atoms with van der Waals surface area (Å²) in [6.45, 7) is 3.16. The van der Waals surface area contributed by atoms with Gasteiger partial charge in [-0.1, -0.05) is 13.8 Å². The summed E-state index contributed by atoms with van der Waals surface area (Å²) in [4.78, 5) is 21.1. The number of rotatable bonds is 8. The van der Waals surface area contributed by atoms with Crippen LogP contribution in [0.3, 0.4) is 0 Å². The molecule has 0 atom stereocenters. The number of hydrogen-bond donors (Lipinski definition) is 5. The average molecular weight is 442 g/mol. The van der Waals surface area contributed by atoms with Crippen LogP contribution in [0.2, 0.25) is 0 Å². The quantitative estimate of drug-likeness (QED) is 0.424. The van der Waals surface area contributed by atoms with E-state index >= 15 is 0 Å². The number of aliphatic hydroxyl groups is 3. The number of halogens is 1. The van der Waals surface area contributed by atoms with E-state index < -0.39 is 25.2 Å². The molecular formula is C23H27FN4O4. The molecule has 2 aromatic rings. The number of allylic oxidation sites excluding steroid dienone is 4. The van der Waals surface area contributed by atoms with Crippen molar-refractivity contribution in [1.82, 2.24) is 15.3 Å². The number of nitrogens with one attached hydrogen (secondary N) is 2. The zero-order valence-electron chi connectivity index (χ0n) is 18.0. The van der Waals surface area contributed by atoms with Gasteiger partial charge in [0.2, 0.25) is 0 Å². The summed E-state index contributed by atoms with van der Waals surface area (Å²) in [7, 11) is 0. The normalized spacial score (nSPS) is 14.0. The molecule has 0 fully saturated rings. The molecule has 8 nitrogen and oxygen atoms in total. The van der Waals surface area contributed by atoms with Crippen molar-refractivity contribution in [3.63, 3.8) is 0 Å². The second-order valence-electron chi connectivity index (χ2n) is 7.85. The number of hydrogen-bond acceptors (Lipinski definition) is 7. The van der Waals surface area contributed by atoms with Crippen LogP contribution >= 0.6 is 0 Å². The smallest absolute Gasteiger partial charge is 0.255 e. The number of aromatic nitrogens is 2. The van der Waals surface area contributed by atoms with Crippen LogP contribution in [0.5, 0.6) is 0 Å². The standard InChI is InChI=1S/C23H27FN4O4/c1-13(2)17-10-26-21(16-7-15(31)3-4-19(16)24)8-22(17)28-20-5-6-25-9-18(20)23(32)27-14(11-29)12-30/h5-10,13-14,29-31H,3-4,11-12H2,1-2H3,(H,27,32)(H,25,26,28). The van der Waals surface area contributed by atoms with E-state index in [0.29, 0.717) is 17.1 Å². The third-order valence-electron chi connectivity index (χ3n) is 5.15. The molecule has 9 heteroatoms. The highest BCUT2D eigenvalue weighted by molar-refractivity contribution is 6.00. The molecule has 0 saturated heterocycles. The van der Waals surface area contributed by atoms with Crippen LogP contribution in [0, 0.1) is 0 Å². The minimum absolute atomic E-state index is 0.0837. The van der Waals surface area contributed by atoms with Crippen LogP contribution < -0.4 is 10.6 Å². The number of aliphatic hydroxyl groups excluding tert-OH is 3. The van der Waals surface area contributed by atoms with Gasteiger partial charge < -0.3 is 26.0 Å². The first kappa shape index (κ1) is 23.4. The fraction of sp³-hybridized carbons (Fsp3) is 0.348. The molecule has 5 N–H and O–H groups in total. The first-order valence-corrected chi connectivity index (χ1v) is 10.4. The van der Waals surface area contributed by atoms with E-state index in [4.69, 9.17) is 0 Å². The lowest BCUT2D eigenvalue weighted by Gasteiger charge is -2.19. The summed E-state index contributed by atoms with van der Waals surface area (Å²) in [6, 6.07) is 2.51. The summed E-state index contributed by atoms with van der Waals surface area (Å²) in [6.07, 6.45) is 6.30. The molecule has 170 valence electrons. The fourth-order valence-electron chi connectivity index (χ4n) is 3.33. The summed E-state index contributed by atoms with van der Waals surface area (Å²) < 4.78 is 14.4. The molecule has 0 bridgehead atoms. The molecule has 1 aliphatic carbocycles. The maximum absolute atomic E-state index is 14.4. The van der Waals surface area contributed by atoms with Gasteiger partial charge in [-0.15, -0.1) is 0 Å². The van der Waals surface area contributed by atoms with Crippen LogP contribution in [-0.4, -0.2) is 50.5 Å². The van der Waals surface area contributed by atoms with Crippen molar-refractivity contribution >= 4 is 22.9 Å². The number of anilines is 2. The Morgan fingerprint density at radius 2 is 1.94 bits per heavy atom. The highest BCUT2D eigenvalue weighted by Gasteiger charge is 2.20. The number of pyridine rings is 2. The van der Waals surface area contributed by atoms with Gasteiger partial charge in [0, 0.05) is 42.7 Å². The maximum Gasteiger partial charge on any atom is 0.255 e. The maximum atomic E-state index is 14.4. The molecule has 3 rings (SSSR count). The molecule has 1 aliphatic rings. The molecule has 0 aliphatic heterocycles. The monoisotopic (exact) mass is 442 g/mol. The molecule has 1 amide bonds. The Hall–Kier alpha value is -3.30. The number of amides is 1. The van der Waals surface area contributed by atoms with E-state index in [9.17, 15) is 24.5 Å². The SMILES string of the molecule is CC(C)c1cnc(C2=C(F)CCC(O)=C2)cc1Nc1ccncc1C(=O)NC(CO)CO. The average Bonchev–Trinajstić information content (AvgIpc) is 2.79. The van der Waals surface area contributed by atoms with E-state index in [1.54, 1.807) is 18.3 Å². The molecule has 0 unspecified atom stereocenters. The van der Waals surface area contributed by atoms with E-state index in [0.717, 1.165) is 5.56 Å². The lowest BCUT2D eigenvalue weighted by Crippen LogP contribution is -2.40. The third kappa shape index (κ3) is 5.30. The number of carbonyl (C=O) groups excluding carboxylic acids is 1. The number of carbonyl (C=O) groups is 1. The largest absolute Gasteiger partial charge is 0.512 e. The molecule has 32 heavy (non-hydrogen) atoms. The van der Waals surface area contributed by atoms with Crippen molar-refractivity contribution in [2.24, 2.45) is 0 Å². The van der Waals surface area contributed by atoms with Gasteiger partial charge in [-0.2, -0.15) is 0 Å². The van der Waals surface area contributed by atoms with Gasteiger partial charge in [0.05, 0.1) is 42.0 Å². The van der Waals surface area contributed by atoms with Crippen molar-refractivity contribution in [3.8, 4) is 0 Å². The first-order chi connectivity index (χ1) is 15.3. The van der Waals surface area contributed by atoms with Crippen LogP contribution in [0.4, 0.5) is 15.8 Å². The van der Waals surface area contributed by atoms with Crippen LogP contribution in [0.25, 0.3) is 5.57 Å². The second kappa shape index (κ2) is 10.3. The van der Waals surface area contributed by atoms with Crippen molar-refractivity contribution < 1.29 is 24.5 Å². The Bertz CT molecular complexity index is 1050. The summed E-state index contributed by atoms with van der Waals surface area (Å²) >= 11 is 0. The van der Waals surface area contributed by atoms with Crippen molar-refractivity contribution in [3.05, 3.63) is 65.2 Å². The molecule has 0 saturated carbocycles. The molecular weight excluding hydrogens is 415 g/mol.